The number of fused-ring (bicyclic) bond motifs is 1. The van der Waals surface area contributed by atoms with E-state index in [9.17, 15) is 32.6 Å². The highest BCUT2D eigenvalue weighted by Gasteiger charge is 2.40. The fourth-order valence-electron chi connectivity index (χ4n) is 4.86. The number of benzene rings is 2. The second kappa shape index (κ2) is 15.0. The third-order valence-corrected chi connectivity index (χ3v) is 7.28. The second-order valence-electron chi connectivity index (χ2n) is 11.0. The van der Waals surface area contributed by atoms with Crippen LogP contribution in [0.5, 0.6) is 5.75 Å². The number of hydrogen-bond acceptors (Lipinski definition) is 9. The number of Topliss-reactive ketones (excluding diaryl/α,β-unsaturated/α-hetero) is 1. The van der Waals surface area contributed by atoms with Gasteiger partial charge in [-0.15, -0.1) is 0 Å². The van der Waals surface area contributed by atoms with Crippen LogP contribution in [0.1, 0.15) is 43.4 Å². The van der Waals surface area contributed by atoms with Crippen molar-refractivity contribution in [2.45, 2.75) is 57.0 Å². The van der Waals surface area contributed by atoms with Crippen molar-refractivity contribution in [3.05, 3.63) is 59.2 Å². The molecule has 2 aromatic rings. The van der Waals surface area contributed by atoms with Gasteiger partial charge in [-0.3, -0.25) is 14.4 Å². The Morgan fingerprint density at radius 3 is 2.32 bits per heavy atom. The number of halogens is 3. The maximum Gasteiger partial charge on any atom is 0.492 e. The fraction of sp³-hybridized carbons (Fsp3) is 0.483. The lowest BCUT2D eigenvalue weighted by atomic mass is 9.77. The van der Waals surface area contributed by atoms with E-state index in [1.807, 2.05) is 13.8 Å². The highest BCUT2D eigenvalue weighted by atomic mass is 19.4. The summed E-state index contributed by atoms with van der Waals surface area (Å²) in [5.74, 6) is -1.40. The number of ether oxygens (including phenoxy) is 1. The van der Waals surface area contributed by atoms with Crippen LogP contribution in [0, 0.1) is 0 Å². The minimum Gasteiger partial charge on any atom is -0.491 e. The van der Waals surface area contributed by atoms with Crippen LogP contribution in [-0.2, 0) is 37.2 Å². The molecule has 1 aliphatic heterocycles. The van der Waals surface area contributed by atoms with Gasteiger partial charge in [-0.2, -0.15) is 13.2 Å². The smallest absolute Gasteiger partial charge is 0.491 e. The molecule has 0 spiro atoms. The van der Waals surface area contributed by atoms with E-state index in [0.717, 1.165) is 29.8 Å². The Hall–Kier alpha value is -3.50. The number of carbonyl (C=O) groups excluding carboxylic acids is 3. The van der Waals surface area contributed by atoms with E-state index in [4.69, 9.17) is 26.6 Å². The zero-order chi connectivity index (χ0) is 32.7. The van der Waals surface area contributed by atoms with Gasteiger partial charge in [0.2, 0.25) is 11.8 Å². The number of rotatable bonds is 15. The Kier molecular flexibility index (Phi) is 11.9. The highest BCUT2D eigenvalue weighted by Crippen LogP contribution is 2.31. The minimum atomic E-state index is -4.53. The largest absolute Gasteiger partial charge is 0.492 e. The number of ketones is 1. The molecule has 2 amide bonds. The molecule has 0 saturated carbocycles. The highest BCUT2D eigenvalue weighted by molar-refractivity contribution is 6.62. The fourth-order valence-corrected chi connectivity index (χ4v) is 4.86. The number of nitrogens with one attached hydrogen (secondary N) is 1. The van der Waals surface area contributed by atoms with Crippen LogP contribution in [0.4, 0.5) is 13.2 Å². The molecule has 1 heterocycles. The number of hydrogen-bond donors (Lipinski definition) is 5. The Bertz CT molecular complexity index is 1310. The lowest BCUT2D eigenvalue weighted by Gasteiger charge is -2.23. The minimum absolute atomic E-state index is 0.0184. The molecule has 0 fully saturated rings. The van der Waals surface area contributed by atoms with Crippen molar-refractivity contribution in [3.8, 4) is 5.75 Å². The molecule has 0 aromatic heterocycles. The van der Waals surface area contributed by atoms with Gasteiger partial charge >= 0.3 is 13.3 Å². The molecular formula is C29H39BF3N5O6. The number of carbonyl (C=O) groups is 3. The monoisotopic (exact) mass is 621 g/mol. The molecule has 0 saturated heterocycles. The molecule has 0 unspecified atom stereocenters. The Morgan fingerprint density at radius 1 is 1.09 bits per heavy atom. The predicted molar refractivity (Wildman–Crippen MR) is 158 cm³/mol. The van der Waals surface area contributed by atoms with Crippen molar-refractivity contribution in [3.63, 3.8) is 0 Å². The zero-order valence-corrected chi connectivity index (χ0v) is 24.7. The van der Waals surface area contributed by atoms with Crippen molar-refractivity contribution < 1.29 is 42.0 Å². The van der Waals surface area contributed by atoms with Crippen molar-refractivity contribution in [2.24, 2.45) is 17.2 Å². The molecule has 0 aliphatic carbocycles. The van der Waals surface area contributed by atoms with E-state index >= 15 is 0 Å². The van der Waals surface area contributed by atoms with Crippen LogP contribution in [-0.4, -0.2) is 79.5 Å². The van der Waals surface area contributed by atoms with Crippen LogP contribution in [0.2, 0.25) is 0 Å². The molecule has 2 atom stereocenters. The molecule has 3 rings (SSSR count). The number of alkyl halides is 3. The third kappa shape index (κ3) is 9.25. The summed E-state index contributed by atoms with van der Waals surface area (Å²) in [5.41, 5.74) is 17.4. The standard InChI is InChI=1S/C29H39BF3N5O6/c1-28(2)21-8-3-18(15-22(21)30(42)44-28)16-25(39)24(17-43-20-6-4-19(5-7-20)29(31,32)33)37-27(41)23(36)9-10-26(40)38(13-11-34)14-12-35/h3-8,15,23-24,42H,9-14,16-17,34-36H2,1-2H3,(H,37,41)/t23-,24+/m0/s1. The first-order valence-corrected chi connectivity index (χ1v) is 14.2. The van der Waals surface area contributed by atoms with Crippen LogP contribution in [0.15, 0.2) is 42.5 Å². The van der Waals surface area contributed by atoms with Gasteiger partial charge < -0.3 is 41.8 Å². The van der Waals surface area contributed by atoms with E-state index in [0.29, 0.717) is 24.1 Å². The van der Waals surface area contributed by atoms with Crippen LogP contribution < -0.4 is 32.7 Å². The lowest BCUT2D eigenvalue weighted by Crippen LogP contribution is -2.51. The normalized spacial score (nSPS) is 15.3. The summed E-state index contributed by atoms with van der Waals surface area (Å²) in [4.78, 5) is 40.4. The summed E-state index contributed by atoms with van der Waals surface area (Å²) in [6.07, 6.45) is -4.76. The summed E-state index contributed by atoms with van der Waals surface area (Å²) in [5, 5.41) is 12.9. The van der Waals surface area contributed by atoms with E-state index in [-0.39, 0.29) is 44.0 Å². The van der Waals surface area contributed by atoms with Crippen LogP contribution in [0.3, 0.4) is 0 Å². The van der Waals surface area contributed by atoms with Crippen molar-refractivity contribution in [2.75, 3.05) is 32.8 Å². The van der Waals surface area contributed by atoms with Gasteiger partial charge in [0.1, 0.15) is 18.4 Å². The molecule has 15 heteroatoms. The first-order chi connectivity index (χ1) is 20.7. The van der Waals surface area contributed by atoms with Gasteiger partial charge in [-0.1, -0.05) is 18.2 Å². The second-order valence-corrected chi connectivity index (χ2v) is 11.0. The first-order valence-electron chi connectivity index (χ1n) is 14.2. The predicted octanol–water partition coefficient (Wildman–Crippen LogP) is 0.187. The SMILES string of the molecule is CC1(C)OB(O)c2cc(CC(=O)[C@@H](COc3ccc(C(F)(F)F)cc3)NC(=O)[C@@H](N)CCC(=O)N(CCN)CCN)ccc21. The number of nitrogens with two attached hydrogens (primary N) is 3. The molecule has 2 aromatic carbocycles. The van der Waals surface area contributed by atoms with Gasteiger partial charge in [0.25, 0.3) is 0 Å². The van der Waals surface area contributed by atoms with Gasteiger partial charge in [-0.05, 0) is 61.1 Å². The molecule has 11 nitrogen and oxygen atoms in total. The molecule has 0 bridgehead atoms. The molecule has 0 radical (unpaired) electrons. The average molecular weight is 621 g/mol. The molecular weight excluding hydrogens is 582 g/mol. The summed E-state index contributed by atoms with van der Waals surface area (Å²) in [6.45, 7) is 4.32. The van der Waals surface area contributed by atoms with Gasteiger partial charge in [-0.25, -0.2) is 0 Å². The lowest BCUT2D eigenvalue weighted by molar-refractivity contribution is -0.137. The van der Waals surface area contributed by atoms with Gasteiger partial charge in [0.15, 0.2) is 5.78 Å². The summed E-state index contributed by atoms with van der Waals surface area (Å²) in [6, 6.07) is 6.64. The maximum absolute atomic E-state index is 13.4. The summed E-state index contributed by atoms with van der Waals surface area (Å²) >= 11 is 0. The zero-order valence-electron chi connectivity index (χ0n) is 24.7. The summed E-state index contributed by atoms with van der Waals surface area (Å²) < 4.78 is 50.0. The van der Waals surface area contributed by atoms with Crippen molar-refractivity contribution in [1.29, 1.82) is 0 Å². The van der Waals surface area contributed by atoms with E-state index < -0.39 is 54.8 Å². The average Bonchev–Trinajstić information content (AvgIpc) is 3.20. The summed E-state index contributed by atoms with van der Waals surface area (Å²) in [7, 11) is -1.17. The number of amides is 2. The number of nitrogens with zero attached hydrogens (tertiary/aromatic N) is 1. The van der Waals surface area contributed by atoms with E-state index in [1.54, 1.807) is 18.2 Å². The van der Waals surface area contributed by atoms with E-state index in [1.165, 1.54) is 4.90 Å². The molecule has 44 heavy (non-hydrogen) atoms. The quantitative estimate of drug-likeness (QED) is 0.173. The maximum atomic E-state index is 13.4. The Balaban J connectivity index is 1.72. The van der Waals surface area contributed by atoms with Crippen molar-refractivity contribution in [1.82, 2.24) is 10.2 Å². The Morgan fingerprint density at radius 2 is 1.73 bits per heavy atom. The third-order valence-electron chi connectivity index (χ3n) is 7.28. The topological polar surface area (TPSA) is 183 Å². The first kappa shape index (κ1) is 35.0. The Labute approximate surface area is 254 Å². The molecule has 1 aliphatic rings. The van der Waals surface area contributed by atoms with Gasteiger partial charge in [0.05, 0.1) is 17.2 Å². The van der Waals surface area contributed by atoms with Crippen LogP contribution >= 0.6 is 0 Å². The van der Waals surface area contributed by atoms with Crippen LogP contribution in [0.25, 0.3) is 0 Å². The van der Waals surface area contributed by atoms with Crippen molar-refractivity contribution >= 4 is 30.2 Å². The molecule has 8 N–H and O–H groups in total. The van der Waals surface area contributed by atoms with E-state index in [2.05, 4.69) is 5.32 Å². The molecule has 240 valence electrons. The van der Waals surface area contributed by atoms with Gasteiger partial charge in [0, 0.05) is 39.0 Å².